The van der Waals surface area contributed by atoms with Crippen LogP contribution in [0.25, 0.3) is 0 Å². The molecule has 0 saturated heterocycles. The molecule has 11 heteroatoms. The van der Waals surface area contributed by atoms with Crippen LogP contribution in [0.15, 0.2) is 5.18 Å². The highest BCUT2D eigenvalue weighted by molar-refractivity contribution is 7.58. The average Bonchev–Trinajstić information content (AvgIpc) is 2.39. The Bertz CT molecular complexity index is 466. The minimum Gasteiger partial charge on any atom is -0.481 e. The molecule has 0 aromatic heterocycles. The Kier molecular flexibility index (Phi) is 7.93. The topological polar surface area (TPSA) is 184 Å². The van der Waals surface area contributed by atoms with Crippen LogP contribution >= 0.6 is 7.37 Å². The van der Waals surface area contributed by atoms with E-state index in [1.165, 1.54) is 0 Å². The number of carboxylic acids is 2. The van der Waals surface area contributed by atoms with Crippen LogP contribution in [-0.2, 0) is 18.9 Å². The summed E-state index contributed by atoms with van der Waals surface area (Å²) >= 11 is 0. The van der Waals surface area contributed by atoms with Crippen LogP contribution in [0, 0.1) is 10.8 Å². The molecule has 0 fully saturated rings. The number of nitrogens with two attached hydrogens (primary N) is 1. The van der Waals surface area contributed by atoms with Gasteiger partial charge < -0.3 is 20.8 Å². The monoisotopic (exact) mass is 324 g/mol. The van der Waals surface area contributed by atoms with E-state index >= 15 is 0 Å². The van der Waals surface area contributed by atoms with Gasteiger partial charge in [0.05, 0.1) is 5.92 Å². The Morgan fingerprint density at radius 2 is 1.76 bits per heavy atom. The smallest absolute Gasteiger partial charge is 0.320 e. The molecule has 10 nitrogen and oxygen atoms in total. The lowest BCUT2D eigenvalue weighted by atomic mass is 10.1. The molecular formula is C10H17N2O8P. The van der Waals surface area contributed by atoms with Gasteiger partial charge in [0.25, 0.3) is 5.91 Å². The molecule has 0 spiro atoms. The van der Waals surface area contributed by atoms with Crippen LogP contribution in [0.4, 0.5) is 0 Å². The van der Waals surface area contributed by atoms with Gasteiger partial charge in [-0.05, 0) is 12.8 Å². The first-order valence-electron chi connectivity index (χ1n) is 5.97. The van der Waals surface area contributed by atoms with Crippen LogP contribution in [0.3, 0.4) is 0 Å². The van der Waals surface area contributed by atoms with E-state index in [1.54, 1.807) is 0 Å². The van der Waals surface area contributed by atoms with E-state index in [0.29, 0.717) is 0 Å². The number of carboxylic acid groups (broad SMARTS) is 2. The minimum atomic E-state index is -3.93. The van der Waals surface area contributed by atoms with E-state index in [2.05, 4.69) is 5.18 Å². The molecule has 1 amide bonds. The summed E-state index contributed by atoms with van der Waals surface area (Å²) in [6.45, 7) is 0. The lowest BCUT2D eigenvalue weighted by Gasteiger charge is -2.17. The molecule has 0 radical (unpaired) electrons. The van der Waals surface area contributed by atoms with Gasteiger partial charge in [-0.25, -0.2) is 0 Å². The second-order valence-electron chi connectivity index (χ2n) is 4.54. The zero-order valence-electron chi connectivity index (χ0n) is 11.0. The zero-order chi connectivity index (χ0) is 16.6. The van der Waals surface area contributed by atoms with Crippen molar-refractivity contribution < 1.29 is 34.1 Å². The molecule has 0 bridgehead atoms. The number of rotatable bonds is 10. The summed E-state index contributed by atoms with van der Waals surface area (Å²) in [5, 5.41) is 19.2. The van der Waals surface area contributed by atoms with E-state index < -0.39 is 55.9 Å². The summed E-state index contributed by atoms with van der Waals surface area (Å²) in [4.78, 5) is 52.1. The van der Waals surface area contributed by atoms with Gasteiger partial charge in [0, 0.05) is 23.9 Å². The first kappa shape index (κ1) is 19.4. The molecule has 3 atom stereocenters. The van der Waals surface area contributed by atoms with E-state index in [0.717, 1.165) is 0 Å². The third-order valence-electron chi connectivity index (χ3n) is 2.76. The van der Waals surface area contributed by atoms with E-state index in [-0.39, 0.29) is 12.8 Å². The second kappa shape index (κ2) is 8.60. The molecule has 5 N–H and O–H groups in total. The Morgan fingerprint density at radius 1 is 1.19 bits per heavy atom. The van der Waals surface area contributed by atoms with Crippen molar-refractivity contribution in [1.82, 2.24) is 0 Å². The SMILES string of the molecule is NC(CCP(=O)(O)CC(CCC(=O)O)C(=O)N=O)C(=O)O. The summed E-state index contributed by atoms with van der Waals surface area (Å²) in [6, 6.07) is -1.32. The van der Waals surface area contributed by atoms with Crippen LogP contribution in [0.2, 0.25) is 0 Å². The fourth-order valence-corrected chi connectivity index (χ4v) is 3.46. The van der Waals surface area contributed by atoms with E-state index in [4.69, 9.17) is 15.9 Å². The Hall–Kier alpha value is -1.64. The summed E-state index contributed by atoms with van der Waals surface area (Å²) in [7, 11) is -3.93. The highest BCUT2D eigenvalue weighted by Gasteiger charge is 2.30. The largest absolute Gasteiger partial charge is 0.481 e. The quantitative estimate of drug-likeness (QED) is 0.313. The number of hydrogen-bond acceptors (Lipinski definition) is 6. The summed E-state index contributed by atoms with van der Waals surface area (Å²) in [5.74, 6) is -5.04. The predicted octanol–water partition coefficient (Wildman–Crippen LogP) is -0.167. The predicted molar refractivity (Wildman–Crippen MR) is 70.9 cm³/mol. The summed E-state index contributed by atoms with van der Waals surface area (Å²) in [5.41, 5.74) is 5.19. The Morgan fingerprint density at radius 3 is 2.19 bits per heavy atom. The fourth-order valence-electron chi connectivity index (χ4n) is 1.57. The van der Waals surface area contributed by atoms with Crippen LogP contribution in [0.5, 0.6) is 0 Å². The van der Waals surface area contributed by atoms with Crippen molar-refractivity contribution in [1.29, 1.82) is 0 Å². The van der Waals surface area contributed by atoms with Gasteiger partial charge >= 0.3 is 11.9 Å². The number of hydrogen-bond donors (Lipinski definition) is 4. The molecule has 21 heavy (non-hydrogen) atoms. The molecule has 0 aromatic carbocycles. The number of aliphatic carboxylic acids is 2. The molecule has 120 valence electrons. The van der Waals surface area contributed by atoms with Crippen molar-refractivity contribution in [2.45, 2.75) is 25.3 Å². The maximum absolute atomic E-state index is 11.9. The standard InChI is InChI=1S/C10H17N2O8P/c11-7(10(16)17)3-4-21(19,20)5-6(9(15)12-18)1-2-8(13)14/h6-7H,1-5,11H2,(H,13,14)(H,16,17)(H,19,20). The number of nitroso groups, excluding NO2 is 1. The number of nitrogens with zero attached hydrogens (tertiary/aromatic N) is 1. The molecule has 0 heterocycles. The molecular weight excluding hydrogens is 307 g/mol. The van der Waals surface area contributed by atoms with Crippen LogP contribution < -0.4 is 5.73 Å². The molecule has 0 aliphatic carbocycles. The third kappa shape index (κ3) is 8.28. The van der Waals surface area contributed by atoms with Gasteiger partial charge in [-0.3, -0.25) is 18.9 Å². The van der Waals surface area contributed by atoms with Gasteiger partial charge in [-0.2, -0.15) is 0 Å². The highest BCUT2D eigenvalue weighted by atomic mass is 31.2. The molecule has 0 aromatic rings. The maximum atomic E-state index is 11.9. The van der Waals surface area contributed by atoms with Gasteiger partial charge in [0.2, 0.25) is 7.37 Å². The van der Waals surface area contributed by atoms with Crippen molar-refractivity contribution in [2.75, 3.05) is 12.3 Å². The minimum absolute atomic E-state index is 0.280. The molecule has 0 aliphatic heterocycles. The van der Waals surface area contributed by atoms with Crippen LogP contribution in [-0.4, -0.2) is 51.3 Å². The second-order valence-corrected chi connectivity index (χ2v) is 7.05. The molecule has 0 aliphatic rings. The molecule has 0 rings (SSSR count). The van der Waals surface area contributed by atoms with E-state index in [9.17, 15) is 28.7 Å². The lowest BCUT2D eigenvalue weighted by molar-refractivity contribution is -0.139. The summed E-state index contributed by atoms with van der Waals surface area (Å²) < 4.78 is 11.9. The normalized spacial score (nSPS) is 16.5. The maximum Gasteiger partial charge on any atom is 0.320 e. The highest BCUT2D eigenvalue weighted by Crippen LogP contribution is 2.44. The van der Waals surface area contributed by atoms with Crippen molar-refractivity contribution >= 4 is 25.2 Å². The number of amides is 1. The van der Waals surface area contributed by atoms with Crippen molar-refractivity contribution in [3.05, 3.63) is 4.91 Å². The lowest BCUT2D eigenvalue weighted by Crippen LogP contribution is -2.31. The molecule has 0 saturated carbocycles. The molecule has 3 unspecified atom stereocenters. The Labute approximate surface area is 119 Å². The van der Waals surface area contributed by atoms with Gasteiger partial charge in [-0.15, -0.1) is 4.91 Å². The van der Waals surface area contributed by atoms with Gasteiger partial charge in [-0.1, -0.05) is 0 Å². The summed E-state index contributed by atoms with van der Waals surface area (Å²) in [6.07, 6.45) is -2.11. The van der Waals surface area contributed by atoms with Crippen molar-refractivity contribution in [2.24, 2.45) is 16.8 Å². The fraction of sp³-hybridized carbons (Fsp3) is 0.700. The van der Waals surface area contributed by atoms with Crippen molar-refractivity contribution in [3.63, 3.8) is 0 Å². The first-order valence-corrected chi connectivity index (χ1v) is 8.00. The van der Waals surface area contributed by atoms with Gasteiger partial charge in [0.15, 0.2) is 0 Å². The third-order valence-corrected chi connectivity index (χ3v) is 4.73. The average molecular weight is 324 g/mol. The van der Waals surface area contributed by atoms with E-state index in [1.807, 2.05) is 0 Å². The van der Waals surface area contributed by atoms with Crippen molar-refractivity contribution in [3.8, 4) is 0 Å². The number of carbonyl (C=O) groups is 3. The first-order chi connectivity index (χ1) is 9.59. The van der Waals surface area contributed by atoms with Crippen LogP contribution in [0.1, 0.15) is 19.3 Å². The number of carbonyl (C=O) groups excluding carboxylic acids is 1. The van der Waals surface area contributed by atoms with Gasteiger partial charge in [0.1, 0.15) is 6.04 Å². The Balaban J connectivity index is 4.68. The zero-order valence-corrected chi connectivity index (χ0v) is 11.9.